The molecule has 0 spiro atoms. The number of carbonyl (C=O) groups excluding carboxylic acids is 3. The SMILES string of the molecule is CCCC1=C(C(=O)OCC)[C@H](c2ccccc2)C2=C(C[C@H](c3ccccc3)[C@H](C(=O)OCC)C2=O)N1. The van der Waals surface area contributed by atoms with Crippen molar-refractivity contribution in [2.24, 2.45) is 5.92 Å². The summed E-state index contributed by atoms with van der Waals surface area (Å²) in [5, 5.41) is 3.45. The van der Waals surface area contributed by atoms with Crippen LogP contribution in [0.15, 0.2) is 83.2 Å². The number of dihydropyridines is 1. The molecule has 2 aromatic rings. The molecule has 1 N–H and O–H groups in total. The minimum Gasteiger partial charge on any atom is -0.465 e. The molecule has 0 fully saturated rings. The molecule has 0 aromatic heterocycles. The highest BCUT2D eigenvalue weighted by molar-refractivity contribution is 6.13. The van der Waals surface area contributed by atoms with Crippen molar-refractivity contribution in [2.45, 2.75) is 51.9 Å². The second kappa shape index (κ2) is 11.4. The van der Waals surface area contributed by atoms with Gasteiger partial charge in [0, 0.05) is 28.8 Å². The molecule has 2 aromatic carbocycles. The largest absolute Gasteiger partial charge is 0.465 e. The molecule has 2 aliphatic rings. The lowest BCUT2D eigenvalue weighted by Crippen LogP contribution is -2.43. The third-order valence-electron chi connectivity index (χ3n) is 6.80. The number of ketones is 1. The average Bonchev–Trinajstić information content (AvgIpc) is 2.89. The summed E-state index contributed by atoms with van der Waals surface area (Å²) in [7, 11) is 0. The molecular formula is C30H33NO5. The standard InChI is InChI=1S/C30H33NO5/c1-4-13-22-27(30(34)36-6-3)24(20-16-11-8-12-17-20)26-23(31-22)18-21(19-14-9-7-10-15-19)25(28(26)32)29(33)35-5-2/h7-12,14-17,21,24-25,31H,4-6,13,18H2,1-3H3/t21-,24-,25+/m1/s1. The highest BCUT2D eigenvalue weighted by atomic mass is 16.5. The van der Waals surface area contributed by atoms with Gasteiger partial charge in [-0.2, -0.15) is 0 Å². The van der Waals surface area contributed by atoms with E-state index >= 15 is 0 Å². The second-order valence-electron chi connectivity index (χ2n) is 9.04. The van der Waals surface area contributed by atoms with E-state index in [2.05, 4.69) is 12.2 Å². The summed E-state index contributed by atoms with van der Waals surface area (Å²) in [4.78, 5) is 40.8. The van der Waals surface area contributed by atoms with Crippen LogP contribution in [0.3, 0.4) is 0 Å². The Morgan fingerprint density at radius 3 is 2.08 bits per heavy atom. The minimum absolute atomic E-state index is 0.186. The molecular weight excluding hydrogens is 454 g/mol. The van der Waals surface area contributed by atoms with Gasteiger partial charge in [0.05, 0.1) is 18.8 Å². The van der Waals surface area contributed by atoms with E-state index in [4.69, 9.17) is 9.47 Å². The first-order valence-corrected chi connectivity index (χ1v) is 12.7. The number of rotatable bonds is 8. The number of hydrogen-bond donors (Lipinski definition) is 1. The van der Waals surface area contributed by atoms with Crippen LogP contribution in [0, 0.1) is 5.92 Å². The highest BCUT2D eigenvalue weighted by Gasteiger charge is 2.49. The van der Waals surface area contributed by atoms with Gasteiger partial charge in [0.1, 0.15) is 5.92 Å². The summed E-state index contributed by atoms with van der Waals surface area (Å²) >= 11 is 0. The third kappa shape index (κ3) is 4.85. The molecule has 6 heteroatoms. The highest BCUT2D eigenvalue weighted by Crippen LogP contribution is 2.48. The summed E-state index contributed by atoms with van der Waals surface area (Å²) in [6.07, 6.45) is 1.91. The topological polar surface area (TPSA) is 81.7 Å². The zero-order valence-electron chi connectivity index (χ0n) is 21.1. The van der Waals surface area contributed by atoms with Crippen LogP contribution in [0.2, 0.25) is 0 Å². The molecule has 1 aliphatic heterocycles. The van der Waals surface area contributed by atoms with Gasteiger partial charge in [-0.1, -0.05) is 74.0 Å². The molecule has 0 amide bonds. The molecule has 36 heavy (non-hydrogen) atoms. The normalized spacial score (nSPS) is 21.5. The maximum atomic E-state index is 14.3. The zero-order valence-corrected chi connectivity index (χ0v) is 21.1. The number of esters is 2. The Kier molecular flexibility index (Phi) is 8.04. The van der Waals surface area contributed by atoms with E-state index in [1.807, 2.05) is 60.7 Å². The summed E-state index contributed by atoms with van der Waals surface area (Å²) < 4.78 is 10.9. The fourth-order valence-corrected chi connectivity index (χ4v) is 5.34. The smallest absolute Gasteiger partial charge is 0.336 e. The fraction of sp³-hybridized carbons (Fsp3) is 0.367. The Morgan fingerprint density at radius 1 is 0.889 bits per heavy atom. The number of hydrogen-bond acceptors (Lipinski definition) is 6. The van der Waals surface area contributed by atoms with Crippen molar-refractivity contribution in [3.63, 3.8) is 0 Å². The number of Topliss-reactive ketones (excluding diaryl/α,β-unsaturated/α-hetero) is 1. The van der Waals surface area contributed by atoms with Crippen molar-refractivity contribution in [3.8, 4) is 0 Å². The van der Waals surface area contributed by atoms with Gasteiger partial charge in [-0.25, -0.2) is 4.79 Å². The Bertz CT molecular complexity index is 1180. The Labute approximate surface area is 212 Å². The minimum atomic E-state index is -0.990. The van der Waals surface area contributed by atoms with Gasteiger partial charge in [0.15, 0.2) is 5.78 Å². The van der Waals surface area contributed by atoms with Gasteiger partial charge in [-0.05, 0) is 37.8 Å². The number of allylic oxidation sites excluding steroid dienone is 3. The number of benzene rings is 2. The third-order valence-corrected chi connectivity index (χ3v) is 6.80. The monoisotopic (exact) mass is 487 g/mol. The predicted octanol–water partition coefficient (Wildman–Crippen LogP) is 5.18. The first kappa shape index (κ1) is 25.4. The van der Waals surface area contributed by atoms with Crippen LogP contribution in [-0.4, -0.2) is 30.9 Å². The lowest BCUT2D eigenvalue weighted by molar-refractivity contribution is -0.152. The maximum absolute atomic E-state index is 14.3. The summed E-state index contributed by atoms with van der Waals surface area (Å²) in [6, 6.07) is 19.1. The molecule has 0 saturated carbocycles. The van der Waals surface area contributed by atoms with Crippen molar-refractivity contribution in [1.82, 2.24) is 5.32 Å². The summed E-state index contributed by atoms with van der Waals surface area (Å²) in [5.41, 5.74) is 4.16. The fourth-order valence-electron chi connectivity index (χ4n) is 5.34. The summed E-state index contributed by atoms with van der Waals surface area (Å²) in [6.45, 7) is 5.97. The van der Waals surface area contributed by atoms with Crippen molar-refractivity contribution < 1.29 is 23.9 Å². The summed E-state index contributed by atoms with van der Waals surface area (Å²) in [5.74, 6) is -3.26. The van der Waals surface area contributed by atoms with Crippen molar-refractivity contribution >= 4 is 17.7 Å². The van der Waals surface area contributed by atoms with Crippen molar-refractivity contribution in [2.75, 3.05) is 13.2 Å². The van der Waals surface area contributed by atoms with Crippen LogP contribution in [-0.2, 0) is 23.9 Å². The van der Waals surface area contributed by atoms with Crippen LogP contribution < -0.4 is 5.32 Å². The molecule has 1 heterocycles. The Morgan fingerprint density at radius 2 is 1.50 bits per heavy atom. The zero-order chi connectivity index (χ0) is 25.7. The van der Waals surface area contributed by atoms with E-state index in [9.17, 15) is 14.4 Å². The van der Waals surface area contributed by atoms with Gasteiger partial charge in [0.25, 0.3) is 0 Å². The van der Waals surface area contributed by atoms with E-state index in [1.54, 1.807) is 13.8 Å². The maximum Gasteiger partial charge on any atom is 0.336 e. The average molecular weight is 488 g/mol. The van der Waals surface area contributed by atoms with Gasteiger partial charge in [-0.3, -0.25) is 9.59 Å². The van der Waals surface area contributed by atoms with Crippen LogP contribution in [0.1, 0.15) is 63.0 Å². The van der Waals surface area contributed by atoms with Crippen molar-refractivity contribution in [3.05, 3.63) is 94.3 Å². The first-order chi connectivity index (χ1) is 17.5. The first-order valence-electron chi connectivity index (χ1n) is 12.7. The molecule has 1 aliphatic carbocycles. The predicted molar refractivity (Wildman–Crippen MR) is 137 cm³/mol. The van der Waals surface area contributed by atoms with E-state index in [1.165, 1.54) is 0 Å². The Hall–Kier alpha value is -3.67. The van der Waals surface area contributed by atoms with Gasteiger partial charge >= 0.3 is 11.9 Å². The van der Waals surface area contributed by atoms with Crippen LogP contribution in [0.5, 0.6) is 0 Å². The number of nitrogens with one attached hydrogen (secondary N) is 1. The van der Waals surface area contributed by atoms with E-state index in [0.29, 0.717) is 24.0 Å². The number of ether oxygens (including phenoxy) is 2. The number of carbonyl (C=O) groups is 3. The van der Waals surface area contributed by atoms with Crippen LogP contribution in [0.25, 0.3) is 0 Å². The molecule has 0 bridgehead atoms. The van der Waals surface area contributed by atoms with Crippen LogP contribution in [0.4, 0.5) is 0 Å². The second-order valence-corrected chi connectivity index (χ2v) is 9.04. The van der Waals surface area contributed by atoms with E-state index < -0.39 is 23.8 Å². The van der Waals surface area contributed by atoms with E-state index in [-0.39, 0.29) is 24.9 Å². The molecule has 0 radical (unpaired) electrons. The molecule has 0 unspecified atom stereocenters. The van der Waals surface area contributed by atoms with Gasteiger partial charge < -0.3 is 14.8 Å². The molecule has 3 atom stereocenters. The van der Waals surface area contributed by atoms with Crippen LogP contribution >= 0.6 is 0 Å². The molecule has 4 rings (SSSR count). The van der Waals surface area contributed by atoms with Crippen molar-refractivity contribution in [1.29, 1.82) is 0 Å². The molecule has 0 saturated heterocycles. The quantitative estimate of drug-likeness (QED) is 0.408. The molecule has 188 valence electrons. The lowest BCUT2D eigenvalue weighted by Gasteiger charge is -2.40. The van der Waals surface area contributed by atoms with Gasteiger partial charge in [-0.15, -0.1) is 0 Å². The molecule has 6 nitrogen and oxygen atoms in total. The van der Waals surface area contributed by atoms with Gasteiger partial charge in [0.2, 0.25) is 0 Å². The lowest BCUT2D eigenvalue weighted by atomic mass is 9.67. The Balaban J connectivity index is 1.91. The van der Waals surface area contributed by atoms with E-state index in [0.717, 1.165) is 28.9 Å².